The van der Waals surface area contributed by atoms with Crippen LogP contribution in [0.4, 0.5) is 0 Å². The van der Waals surface area contributed by atoms with Crippen LogP contribution in [0.25, 0.3) is 77.9 Å². The SMILES string of the molecule is c1ccc(-n2c3ccccc3c3c(-c4nnc(-c5cccc6c5c5ccccc5n6-c5ccccc5)o4)cccc32)cc1. The molecule has 6 aromatic carbocycles. The molecule has 0 unspecified atom stereocenters. The van der Waals surface area contributed by atoms with E-state index in [1.54, 1.807) is 0 Å². The minimum absolute atomic E-state index is 0.500. The number of rotatable bonds is 4. The normalized spacial score (nSPS) is 11.7. The molecule has 0 spiro atoms. The molecule has 43 heavy (non-hydrogen) atoms. The van der Waals surface area contributed by atoms with Crippen molar-refractivity contribution < 1.29 is 4.42 Å². The zero-order valence-electron chi connectivity index (χ0n) is 23.1. The van der Waals surface area contributed by atoms with Gasteiger partial charge in [0.1, 0.15) is 0 Å². The van der Waals surface area contributed by atoms with Crippen LogP contribution in [0.1, 0.15) is 0 Å². The molecule has 9 rings (SSSR count). The molecule has 5 heteroatoms. The Bertz CT molecular complexity index is 2280. The van der Waals surface area contributed by atoms with Gasteiger partial charge >= 0.3 is 0 Å². The van der Waals surface area contributed by atoms with E-state index in [0.29, 0.717) is 11.8 Å². The lowest BCUT2D eigenvalue weighted by Crippen LogP contribution is -1.92. The Labute approximate surface area is 246 Å². The third kappa shape index (κ3) is 3.52. The number of benzene rings is 6. The summed E-state index contributed by atoms with van der Waals surface area (Å²) in [7, 11) is 0. The fourth-order valence-corrected chi connectivity index (χ4v) is 6.55. The molecule has 3 heterocycles. The van der Waals surface area contributed by atoms with Gasteiger partial charge in [0.25, 0.3) is 0 Å². The molecule has 9 aromatic rings. The Morgan fingerprint density at radius 1 is 0.372 bits per heavy atom. The van der Waals surface area contributed by atoms with E-state index < -0.39 is 0 Å². The van der Waals surface area contributed by atoms with Crippen molar-refractivity contribution in [3.8, 4) is 34.3 Å². The molecule has 0 fully saturated rings. The fourth-order valence-electron chi connectivity index (χ4n) is 6.55. The Kier molecular flexibility index (Phi) is 5.13. The van der Waals surface area contributed by atoms with Crippen LogP contribution in [0, 0.1) is 0 Å². The van der Waals surface area contributed by atoms with Gasteiger partial charge in [-0.2, -0.15) is 0 Å². The summed E-state index contributed by atoms with van der Waals surface area (Å²) in [6.07, 6.45) is 0. The predicted octanol–water partition coefficient (Wildman–Crippen LogP) is 9.60. The molecule has 0 aliphatic carbocycles. The Balaban J connectivity index is 1.27. The predicted molar refractivity (Wildman–Crippen MR) is 174 cm³/mol. The van der Waals surface area contributed by atoms with E-state index in [9.17, 15) is 0 Å². The maximum absolute atomic E-state index is 6.56. The molecule has 5 nitrogen and oxygen atoms in total. The van der Waals surface area contributed by atoms with Gasteiger partial charge in [0.2, 0.25) is 11.8 Å². The molecule has 0 bridgehead atoms. The van der Waals surface area contributed by atoms with E-state index in [1.165, 1.54) is 0 Å². The average molecular weight is 553 g/mol. The van der Waals surface area contributed by atoms with Gasteiger partial charge in [-0.1, -0.05) is 84.9 Å². The third-order valence-corrected chi connectivity index (χ3v) is 8.31. The van der Waals surface area contributed by atoms with Crippen LogP contribution in [0.15, 0.2) is 150 Å². The van der Waals surface area contributed by atoms with Crippen LogP contribution in [-0.2, 0) is 0 Å². The zero-order valence-corrected chi connectivity index (χ0v) is 23.1. The minimum Gasteiger partial charge on any atom is -0.416 e. The van der Waals surface area contributed by atoms with Gasteiger partial charge in [-0.3, -0.25) is 0 Å². The van der Waals surface area contributed by atoms with Crippen LogP contribution in [0.3, 0.4) is 0 Å². The first-order valence-corrected chi connectivity index (χ1v) is 14.4. The average Bonchev–Trinajstić information content (AvgIpc) is 3.78. The van der Waals surface area contributed by atoms with Gasteiger partial charge in [0.15, 0.2) is 0 Å². The van der Waals surface area contributed by atoms with Crippen molar-refractivity contribution in [3.63, 3.8) is 0 Å². The first-order chi connectivity index (χ1) is 21.4. The highest BCUT2D eigenvalue weighted by atomic mass is 16.4. The lowest BCUT2D eigenvalue weighted by Gasteiger charge is -2.07. The highest BCUT2D eigenvalue weighted by Gasteiger charge is 2.22. The highest BCUT2D eigenvalue weighted by molar-refractivity contribution is 6.16. The highest BCUT2D eigenvalue weighted by Crippen LogP contribution is 2.41. The molecule has 202 valence electrons. The van der Waals surface area contributed by atoms with Crippen molar-refractivity contribution in [2.45, 2.75) is 0 Å². The van der Waals surface area contributed by atoms with E-state index in [0.717, 1.165) is 66.1 Å². The quantitative estimate of drug-likeness (QED) is 0.218. The summed E-state index contributed by atoms with van der Waals surface area (Å²) in [4.78, 5) is 0. The van der Waals surface area contributed by atoms with Crippen molar-refractivity contribution >= 4 is 43.6 Å². The molecule has 0 N–H and O–H groups in total. The Morgan fingerprint density at radius 3 is 1.23 bits per heavy atom. The molecule has 0 saturated carbocycles. The molecule has 0 saturated heterocycles. The van der Waals surface area contributed by atoms with Gasteiger partial charge in [-0.25, -0.2) is 0 Å². The first kappa shape index (κ1) is 23.7. The second-order valence-corrected chi connectivity index (χ2v) is 10.7. The third-order valence-electron chi connectivity index (χ3n) is 8.31. The van der Waals surface area contributed by atoms with Gasteiger partial charge in [0.05, 0.1) is 22.1 Å². The number of hydrogen-bond acceptors (Lipinski definition) is 3. The Morgan fingerprint density at radius 2 is 0.767 bits per heavy atom. The Hall–Kier alpha value is -5.94. The van der Waals surface area contributed by atoms with E-state index in [1.807, 2.05) is 12.1 Å². The van der Waals surface area contributed by atoms with Crippen LogP contribution < -0.4 is 0 Å². The zero-order chi connectivity index (χ0) is 28.3. The summed E-state index contributed by atoms with van der Waals surface area (Å²) in [5, 5.41) is 13.7. The van der Waals surface area contributed by atoms with Gasteiger partial charge in [-0.05, 0) is 60.7 Å². The van der Waals surface area contributed by atoms with E-state index in [-0.39, 0.29) is 0 Å². The second kappa shape index (κ2) is 9.29. The van der Waals surface area contributed by atoms with Crippen molar-refractivity contribution in [1.82, 2.24) is 19.3 Å². The topological polar surface area (TPSA) is 48.8 Å². The molecule has 0 amide bonds. The number of para-hydroxylation sites is 4. The van der Waals surface area contributed by atoms with Crippen molar-refractivity contribution in [2.24, 2.45) is 0 Å². The maximum Gasteiger partial charge on any atom is 0.248 e. The minimum atomic E-state index is 0.500. The number of nitrogens with zero attached hydrogens (tertiary/aromatic N) is 4. The van der Waals surface area contributed by atoms with Crippen LogP contribution in [0.2, 0.25) is 0 Å². The summed E-state index contributed by atoms with van der Waals surface area (Å²) in [6.45, 7) is 0. The summed E-state index contributed by atoms with van der Waals surface area (Å²) in [5.41, 5.74) is 8.51. The van der Waals surface area contributed by atoms with Crippen LogP contribution in [-0.4, -0.2) is 19.3 Å². The van der Waals surface area contributed by atoms with E-state index >= 15 is 0 Å². The summed E-state index contributed by atoms with van der Waals surface area (Å²) in [5.74, 6) is 1.00. The summed E-state index contributed by atoms with van der Waals surface area (Å²) >= 11 is 0. The van der Waals surface area contributed by atoms with E-state index in [2.05, 4.69) is 153 Å². The molecule has 3 aromatic heterocycles. The lowest BCUT2D eigenvalue weighted by atomic mass is 10.1. The molecule has 0 aliphatic rings. The molecule has 0 radical (unpaired) electrons. The largest absolute Gasteiger partial charge is 0.416 e. The van der Waals surface area contributed by atoms with Crippen LogP contribution in [0.5, 0.6) is 0 Å². The smallest absolute Gasteiger partial charge is 0.248 e. The maximum atomic E-state index is 6.56. The molecular formula is C38H24N4O. The van der Waals surface area contributed by atoms with E-state index in [4.69, 9.17) is 4.42 Å². The van der Waals surface area contributed by atoms with Gasteiger partial charge in [0, 0.05) is 44.0 Å². The number of aromatic nitrogens is 4. The van der Waals surface area contributed by atoms with Crippen molar-refractivity contribution in [1.29, 1.82) is 0 Å². The molecular weight excluding hydrogens is 528 g/mol. The van der Waals surface area contributed by atoms with Crippen LogP contribution >= 0.6 is 0 Å². The second-order valence-electron chi connectivity index (χ2n) is 10.7. The van der Waals surface area contributed by atoms with Crippen molar-refractivity contribution in [2.75, 3.05) is 0 Å². The summed E-state index contributed by atoms with van der Waals surface area (Å²) < 4.78 is 11.2. The monoisotopic (exact) mass is 552 g/mol. The first-order valence-electron chi connectivity index (χ1n) is 14.4. The number of hydrogen-bond donors (Lipinski definition) is 0. The lowest BCUT2D eigenvalue weighted by molar-refractivity contribution is 0.586. The van der Waals surface area contributed by atoms with Crippen molar-refractivity contribution in [3.05, 3.63) is 146 Å². The number of fused-ring (bicyclic) bond motifs is 6. The van der Waals surface area contributed by atoms with Gasteiger partial charge in [-0.15, -0.1) is 10.2 Å². The van der Waals surface area contributed by atoms with Gasteiger partial charge < -0.3 is 13.6 Å². The molecule has 0 aliphatic heterocycles. The molecule has 0 atom stereocenters. The summed E-state index contributed by atoms with van der Waals surface area (Å²) in [6, 6.07) is 50.5. The standard InChI is InChI=1S/C38H24N4O/c1-3-13-25(14-4-1)41-31-21-9-7-17-27(31)35-29(19-11-23-33(35)41)37-39-40-38(43-37)30-20-12-24-34-36(30)28-18-8-10-22-32(28)42(34)26-15-5-2-6-16-26/h1-24H. The fraction of sp³-hybridized carbons (Fsp3) is 0.